The van der Waals surface area contributed by atoms with Crippen molar-refractivity contribution in [2.24, 2.45) is 0 Å². The third kappa shape index (κ3) is 1.96. The van der Waals surface area contributed by atoms with Gasteiger partial charge in [0.05, 0.1) is 0 Å². The van der Waals surface area contributed by atoms with Crippen LogP contribution in [0.1, 0.15) is 6.42 Å². The maximum atomic E-state index is 11.0. The Hall–Kier alpha value is 0.300. The van der Waals surface area contributed by atoms with Gasteiger partial charge >= 0.3 is 0 Å². The summed E-state index contributed by atoms with van der Waals surface area (Å²) in [5.41, 5.74) is 0. The SMILES string of the molecule is COC1NC(=O)C(Cl)CC1(Cl)Cl. The third-order valence-corrected chi connectivity index (χ3v) is 2.69. The van der Waals surface area contributed by atoms with E-state index in [1.807, 2.05) is 0 Å². The van der Waals surface area contributed by atoms with E-state index >= 15 is 0 Å². The molecule has 2 unspecified atom stereocenters. The summed E-state index contributed by atoms with van der Waals surface area (Å²) >= 11 is 17.3. The Morgan fingerprint density at radius 1 is 1.67 bits per heavy atom. The average molecular weight is 232 g/mol. The molecule has 70 valence electrons. The number of hydrogen-bond acceptors (Lipinski definition) is 2. The molecule has 3 nitrogen and oxygen atoms in total. The average Bonchev–Trinajstić information content (AvgIpc) is 1.96. The molecule has 0 aromatic rings. The van der Waals surface area contributed by atoms with Gasteiger partial charge in [0, 0.05) is 13.5 Å². The molecule has 0 aromatic carbocycles. The van der Waals surface area contributed by atoms with E-state index in [1.165, 1.54) is 7.11 Å². The standard InChI is InChI=1S/C6H8Cl3NO2/c1-12-5-6(8,9)2-3(7)4(11)10-5/h3,5H,2H2,1H3,(H,10,11). The monoisotopic (exact) mass is 231 g/mol. The molecule has 1 aliphatic heterocycles. The topological polar surface area (TPSA) is 38.3 Å². The third-order valence-electron chi connectivity index (χ3n) is 1.63. The van der Waals surface area contributed by atoms with Crippen molar-refractivity contribution in [2.75, 3.05) is 7.11 Å². The molecule has 2 atom stereocenters. The largest absolute Gasteiger partial charge is 0.359 e. The van der Waals surface area contributed by atoms with E-state index < -0.39 is 15.9 Å². The fraction of sp³-hybridized carbons (Fsp3) is 0.833. The van der Waals surface area contributed by atoms with Crippen LogP contribution in [0.4, 0.5) is 0 Å². The number of halogens is 3. The van der Waals surface area contributed by atoms with Crippen LogP contribution < -0.4 is 5.32 Å². The molecule has 0 spiro atoms. The molecule has 0 aromatic heterocycles. The lowest BCUT2D eigenvalue weighted by Crippen LogP contribution is -2.56. The van der Waals surface area contributed by atoms with Gasteiger partial charge in [0.25, 0.3) is 0 Å². The number of ether oxygens (including phenoxy) is 1. The molecule has 12 heavy (non-hydrogen) atoms. The van der Waals surface area contributed by atoms with E-state index in [-0.39, 0.29) is 12.3 Å². The lowest BCUT2D eigenvalue weighted by atomic mass is 10.1. The minimum absolute atomic E-state index is 0.183. The van der Waals surface area contributed by atoms with Gasteiger partial charge in [-0.15, -0.1) is 11.6 Å². The smallest absolute Gasteiger partial charge is 0.240 e. The molecule has 1 saturated heterocycles. The lowest BCUT2D eigenvalue weighted by molar-refractivity contribution is -0.127. The zero-order valence-corrected chi connectivity index (χ0v) is 8.58. The van der Waals surface area contributed by atoms with Crippen LogP contribution in [0.5, 0.6) is 0 Å². The van der Waals surface area contributed by atoms with E-state index in [0.717, 1.165) is 0 Å². The first kappa shape index (κ1) is 10.4. The van der Waals surface area contributed by atoms with Crippen molar-refractivity contribution in [2.45, 2.75) is 22.4 Å². The van der Waals surface area contributed by atoms with Crippen LogP contribution in [0, 0.1) is 0 Å². The summed E-state index contributed by atoms with van der Waals surface area (Å²) in [6, 6.07) is 0. The Kier molecular flexibility index (Phi) is 3.10. The van der Waals surface area contributed by atoms with Gasteiger partial charge in [0.15, 0.2) is 10.6 Å². The fourth-order valence-corrected chi connectivity index (χ4v) is 2.06. The molecule has 0 aliphatic carbocycles. The van der Waals surface area contributed by atoms with Crippen LogP contribution in [-0.2, 0) is 9.53 Å². The molecule has 1 rings (SSSR count). The second-order valence-electron chi connectivity index (χ2n) is 2.56. The van der Waals surface area contributed by atoms with E-state index in [1.54, 1.807) is 0 Å². The highest BCUT2D eigenvalue weighted by molar-refractivity contribution is 6.50. The summed E-state index contributed by atoms with van der Waals surface area (Å²) in [5.74, 6) is -0.305. The highest BCUT2D eigenvalue weighted by Crippen LogP contribution is 2.35. The summed E-state index contributed by atoms with van der Waals surface area (Å²) in [7, 11) is 1.42. The second-order valence-corrected chi connectivity index (χ2v) is 4.63. The molecular weight excluding hydrogens is 224 g/mol. The predicted molar refractivity (Wildman–Crippen MR) is 47.6 cm³/mol. The maximum absolute atomic E-state index is 11.0. The Morgan fingerprint density at radius 3 is 2.75 bits per heavy atom. The van der Waals surface area contributed by atoms with Crippen molar-refractivity contribution in [1.82, 2.24) is 5.32 Å². The van der Waals surface area contributed by atoms with Crippen LogP contribution in [0.2, 0.25) is 0 Å². The van der Waals surface area contributed by atoms with Crippen molar-refractivity contribution >= 4 is 40.7 Å². The van der Waals surface area contributed by atoms with Crippen LogP contribution >= 0.6 is 34.8 Å². The van der Waals surface area contributed by atoms with Crippen LogP contribution in [0.3, 0.4) is 0 Å². The van der Waals surface area contributed by atoms with Gasteiger partial charge in [-0.3, -0.25) is 4.79 Å². The van der Waals surface area contributed by atoms with Crippen molar-refractivity contribution in [3.05, 3.63) is 0 Å². The first-order chi connectivity index (χ1) is 5.47. The van der Waals surface area contributed by atoms with E-state index in [0.29, 0.717) is 0 Å². The van der Waals surface area contributed by atoms with Crippen molar-refractivity contribution in [3.8, 4) is 0 Å². The molecule has 0 radical (unpaired) electrons. The number of carbonyl (C=O) groups excluding carboxylic acids is 1. The number of nitrogens with one attached hydrogen (secondary N) is 1. The lowest BCUT2D eigenvalue weighted by Gasteiger charge is -2.35. The number of alkyl halides is 3. The Morgan fingerprint density at radius 2 is 2.25 bits per heavy atom. The number of methoxy groups -OCH3 is 1. The van der Waals surface area contributed by atoms with E-state index in [2.05, 4.69) is 5.32 Å². The van der Waals surface area contributed by atoms with E-state index in [9.17, 15) is 4.79 Å². The van der Waals surface area contributed by atoms with Crippen LogP contribution in [0.15, 0.2) is 0 Å². The molecule has 1 aliphatic rings. The minimum Gasteiger partial charge on any atom is -0.359 e. The summed E-state index contributed by atoms with van der Waals surface area (Å²) in [4.78, 5) is 11.0. The normalized spacial score (nSPS) is 34.5. The van der Waals surface area contributed by atoms with Gasteiger partial charge in [-0.1, -0.05) is 23.2 Å². The molecule has 1 amide bonds. The highest BCUT2D eigenvalue weighted by atomic mass is 35.5. The quantitative estimate of drug-likeness (QED) is 0.691. The molecule has 1 N–H and O–H groups in total. The number of carbonyl (C=O) groups is 1. The Labute approximate surface area is 85.3 Å². The van der Waals surface area contributed by atoms with Gasteiger partial charge in [0.2, 0.25) is 5.91 Å². The van der Waals surface area contributed by atoms with E-state index in [4.69, 9.17) is 39.5 Å². The predicted octanol–water partition coefficient (Wildman–Crippen LogP) is 1.26. The molecule has 0 saturated carbocycles. The van der Waals surface area contributed by atoms with Gasteiger partial charge in [-0.2, -0.15) is 0 Å². The molecule has 1 fully saturated rings. The zero-order chi connectivity index (χ0) is 9.35. The first-order valence-electron chi connectivity index (χ1n) is 3.32. The number of amides is 1. The summed E-state index contributed by atoms with van der Waals surface area (Å²) in [6.45, 7) is 0. The molecule has 0 bridgehead atoms. The number of piperidine rings is 1. The van der Waals surface area contributed by atoms with Gasteiger partial charge in [-0.25, -0.2) is 0 Å². The zero-order valence-electron chi connectivity index (χ0n) is 6.31. The summed E-state index contributed by atoms with van der Waals surface area (Å²) in [6.07, 6.45) is -0.509. The van der Waals surface area contributed by atoms with Crippen molar-refractivity contribution in [3.63, 3.8) is 0 Å². The molecule has 6 heteroatoms. The minimum atomic E-state index is -1.14. The molecular formula is C6H8Cl3NO2. The Balaban J connectivity index is 2.72. The maximum Gasteiger partial charge on any atom is 0.240 e. The van der Waals surface area contributed by atoms with Crippen molar-refractivity contribution in [1.29, 1.82) is 0 Å². The Bertz CT molecular complexity index is 197. The second kappa shape index (κ2) is 3.58. The van der Waals surface area contributed by atoms with Crippen LogP contribution in [0.25, 0.3) is 0 Å². The van der Waals surface area contributed by atoms with Crippen molar-refractivity contribution < 1.29 is 9.53 Å². The highest BCUT2D eigenvalue weighted by Gasteiger charge is 2.44. The number of rotatable bonds is 1. The van der Waals surface area contributed by atoms with Gasteiger partial charge in [0.1, 0.15) is 5.38 Å². The first-order valence-corrected chi connectivity index (χ1v) is 4.51. The van der Waals surface area contributed by atoms with Gasteiger partial charge < -0.3 is 10.1 Å². The number of hydrogen-bond donors (Lipinski definition) is 1. The van der Waals surface area contributed by atoms with Crippen LogP contribution in [-0.4, -0.2) is 29.0 Å². The summed E-state index contributed by atoms with van der Waals surface area (Å²) in [5, 5.41) is 1.76. The van der Waals surface area contributed by atoms with Gasteiger partial charge in [-0.05, 0) is 0 Å². The molecule has 1 heterocycles. The summed E-state index contributed by atoms with van der Waals surface area (Å²) < 4.78 is 3.73. The fourth-order valence-electron chi connectivity index (χ4n) is 0.995.